The van der Waals surface area contributed by atoms with Gasteiger partial charge in [0.2, 0.25) is 5.91 Å². The van der Waals surface area contributed by atoms with Crippen molar-refractivity contribution in [1.29, 1.82) is 0 Å². The third kappa shape index (κ3) is 6.06. The van der Waals surface area contributed by atoms with Crippen LogP contribution in [0.1, 0.15) is 68.3 Å². The highest BCUT2D eigenvalue weighted by atomic mass is 32.1. The van der Waals surface area contributed by atoms with Gasteiger partial charge in [-0.05, 0) is 43.1 Å². The van der Waals surface area contributed by atoms with Crippen LogP contribution in [0.4, 0.5) is 5.00 Å². The van der Waals surface area contributed by atoms with Gasteiger partial charge in [0, 0.05) is 24.9 Å². The van der Waals surface area contributed by atoms with Crippen LogP contribution in [0.25, 0.3) is 0 Å². The molecule has 1 aliphatic rings. The minimum absolute atomic E-state index is 0.180. The number of carbonyl (C=O) groups is 3. The number of anilines is 1. The van der Waals surface area contributed by atoms with Crippen molar-refractivity contribution in [3.63, 3.8) is 0 Å². The summed E-state index contributed by atoms with van der Waals surface area (Å²) in [5, 5.41) is 3.30. The number of thiophene rings is 1. The monoisotopic (exact) mass is 408 g/mol. The molecule has 0 atom stereocenters. The summed E-state index contributed by atoms with van der Waals surface area (Å²) in [6, 6.07) is 0. The SMILES string of the molecule is CC(=O)Nc1sc2c(c1C(=O)OCC(=O)N(CC(C)C)CC(C)C)CCCC2. The molecule has 0 bridgehead atoms. The molecule has 1 aromatic rings. The summed E-state index contributed by atoms with van der Waals surface area (Å²) in [6.45, 7) is 10.7. The van der Waals surface area contributed by atoms with Crippen LogP contribution in [0.3, 0.4) is 0 Å². The molecule has 7 heteroatoms. The maximum absolute atomic E-state index is 12.8. The number of ether oxygens (including phenoxy) is 1. The molecule has 0 fully saturated rings. The Bertz CT molecular complexity index is 714. The topological polar surface area (TPSA) is 75.7 Å². The Morgan fingerprint density at radius 2 is 1.68 bits per heavy atom. The minimum atomic E-state index is -0.523. The van der Waals surface area contributed by atoms with Gasteiger partial charge in [0.25, 0.3) is 5.91 Å². The second-order valence-corrected chi connectivity index (χ2v) is 9.36. The van der Waals surface area contributed by atoms with Crippen molar-refractivity contribution in [2.75, 3.05) is 25.0 Å². The molecule has 1 aliphatic carbocycles. The number of nitrogens with zero attached hydrogens (tertiary/aromatic N) is 1. The van der Waals surface area contributed by atoms with E-state index in [9.17, 15) is 14.4 Å². The van der Waals surface area contributed by atoms with Gasteiger partial charge in [0.1, 0.15) is 5.00 Å². The van der Waals surface area contributed by atoms with E-state index in [1.807, 2.05) is 0 Å². The van der Waals surface area contributed by atoms with Crippen LogP contribution in [0, 0.1) is 11.8 Å². The largest absolute Gasteiger partial charge is 0.452 e. The molecule has 2 amide bonds. The van der Waals surface area contributed by atoms with E-state index in [1.165, 1.54) is 18.3 Å². The van der Waals surface area contributed by atoms with Crippen LogP contribution in [-0.4, -0.2) is 42.4 Å². The van der Waals surface area contributed by atoms with Gasteiger partial charge in [0.15, 0.2) is 6.61 Å². The lowest BCUT2D eigenvalue weighted by Gasteiger charge is -2.26. The fourth-order valence-electron chi connectivity index (χ4n) is 3.48. The fourth-order valence-corrected chi connectivity index (χ4v) is 4.80. The van der Waals surface area contributed by atoms with Gasteiger partial charge >= 0.3 is 5.97 Å². The molecule has 28 heavy (non-hydrogen) atoms. The molecule has 1 N–H and O–H groups in total. The van der Waals surface area contributed by atoms with E-state index in [0.717, 1.165) is 36.1 Å². The highest BCUT2D eigenvalue weighted by Gasteiger charge is 2.28. The molecule has 0 saturated heterocycles. The normalized spacial score (nSPS) is 13.4. The summed E-state index contributed by atoms with van der Waals surface area (Å²) in [5.74, 6) is -0.238. The maximum atomic E-state index is 12.8. The number of hydrogen-bond acceptors (Lipinski definition) is 5. The molecule has 156 valence electrons. The average molecular weight is 409 g/mol. The van der Waals surface area contributed by atoms with E-state index < -0.39 is 5.97 Å². The Morgan fingerprint density at radius 1 is 1.07 bits per heavy atom. The molecule has 0 saturated carbocycles. The summed E-state index contributed by atoms with van der Waals surface area (Å²) < 4.78 is 5.41. The van der Waals surface area contributed by atoms with Crippen LogP contribution >= 0.6 is 11.3 Å². The van der Waals surface area contributed by atoms with Crippen LogP contribution in [0.5, 0.6) is 0 Å². The standard InChI is InChI=1S/C21H32N2O4S/c1-13(2)10-23(11-14(3)4)18(25)12-27-21(26)19-16-8-6-7-9-17(16)28-20(19)22-15(5)24/h13-14H,6-12H2,1-5H3,(H,22,24). The summed E-state index contributed by atoms with van der Waals surface area (Å²) in [4.78, 5) is 39.9. The van der Waals surface area contributed by atoms with Crippen molar-refractivity contribution in [3.8, 4) is 0 Å². The Balaban J connectivity index is 2.12. The van der Waals surface area contributed by atoms with Crippen molar-refractivity contribution in [2.24, 2.45) is 11.8 Å². The molecule has 2 rings (SSSR count). The number of nitrogens with one attached hydrogen (secondary N) is 1. The Labute approximate surface area is 171 Å². The molecule has 1 aromatic heterocycles. The predicted molar refractivity (Wildman–Crippen MR) is 112 cm³/mol. The third-order valence-electron chi connectivity index (χ3n) is 4.52. The quantitative estimate of drug-likeness (QED) is 0.662. The van der Waals surface area contributed by atoms with Gasteiger partial charge in [0.05, 0.1) is 5.56 Å². The summed E-state index contributed by atoms with van der Waals surface area (Å²) in [7, 11) is 0. The lowest BCUT2D eigenvalue weighted by atomic mass is 9.95. The fraction of sp³-hybridized carbons (Fsp3) is 0.667. The average Bonchev–Trinajstić information content (AvgIpc) is 2.95. The van der Waals surface area contributed by atoms with Crippen molar-refractivity contribution < 1.29 is 19.1 Å². The Morgan fingerprint density at radius 3 is 2.25 bits per heavy atom. The van der Waals surface area contributed by atoms with Gasteiger partial charge in [-0.3, -0.25) is 9.59 Å². The number of amides is 2. The van der Waals surface area contributed by atoms with Crippen LogP contribution < -0.4 is 5.32 Å². The van der Waals surface area contributed by atoms with E-state index in [1.54, 1.807) is 4.90 Å². The summed E-state index contributed by atoms with van der Waals surface area (Å²) >= 11 is 1.45. The number of fused-ring (bicyclic) bond motifs is 1. The zero-order chi connectivity index (χ0) is 20.8. The molecule has 1 heterocycles. The van der Waals surface area contributed by atoms with Crippen LogP contribution in [-0.2, 0) is 27.2 Å². The van der Waals surface area contributed by atoms with Crippen molar-refractivity contribution in [2.45, 2.75) is 60.3 Å². The lowest BCUT2D eigenvalue weighted by molar-refractivity contribution is -0.135. The summed E-state index contributed by atoms with van der Waals surface area (Å²) in [6.07, 6.45) is 3.81. The predicted octanol–water partition coefficient (Wildman–Crippen LogP) is 3.88. The summed E-state index contributed by atoms with van der Waals surface area (Å²) in [5.41, 5.74) is 1.40. The molecule has 0 aliphatic heterocycles. The first-order chi connectivity index (χ1) is 13.2. The molecule has 0 spiro atoms. The van der Waals surface area contributed by atoms with Crippen LogP contribution in [0.15, 0.2) is 0 Å². The highest BCUT2D eigenvalue weighted by Crippen LogP contribution is 2.38. The van der Waals surface area contributed by atoms with Crippen molar-refractivity contribution in [3.05, 3.63) is 16.0 Å². The Hall–Kier alpha value is -1.89. The number of hydrogen-bond donors (Lipinski definition) is 1. The van der Waals surface area contributed by atoms with Gasteiger partial charge in [-0.25, -0.2) is 4.79 Å². The second-order valence-electron chi connectivity index (χ2n) is 8.26. The Kier molecular flexibility index (Phi) is 8.04. The second kappa shape index (κ2) is 10.0. The van der Waals surface area contributed by atoms with E-state index in [-0.39, 0.29) is 18.4 Å². The van der Waals surface area contributed by atoms with E-state index >= 15 is 0 Å². The maximum Gasteiger partial charge on any atom is 0.341 e. The first kappa shape index (κ1) is 22.4. The minimum Gasteiger partial charge on any atom is -0.452 e. The van der Waals surface area contributed by atoms with Gasteiger partial charge < -0.3 is 15.0 Å². The number of rotatable bonds is 8. The molecular weight excluding hydrogens is 376 g/mol. The van der Waals surface area contributed by atoms with Crippen molar-refractivity contribution >= 4 is 34.1 Å². The number of esters is 1. The molecule has 0 unspecified atom stereocenters. The lowest BCUT2D eigenvalue weighted by Crippen LogP contribution is -2.39. The first-order valence-electron chi connectivity index (χ1n) is 10.1. The van der Waals surface area contributed by atoms with Gasteiger partial charge in [-0.2, -0.15) is 0 Å². The highest BCUT2D eigenvalue weighted by molar-refractivity contribution is 7.17. The van der Waals surface area contributed by atoms with Gasteiger partial charge in [-0.1, -0.05) is 27.7 Å². The first-order valence-corrected chi connectivity index (χ1v) is 10.9. The van der Waals surface area contributed by atoms with Crippen molar-refractivity contribution in [1.82, 2.24) is 4.90 Å². The third-order valence-corrected chi connectivity index (χ3v) is 5.72. The molecule has 0 aromatic carbocycles. The van der Waals surface area contributed by atoms with Crippen LogP contribution in [0.2, 0.25) is 0 Å². The van der Waals surface area contributed by atoms with E-state index in [2.05, 4.69) is 33.0 Å². The number of aryl methyl sites for hydroxylation is 1. The van der Waals surface area contributed by atoms with E-state index in [0.29, 0.717) is 35.5 Å². The molecular formula is C21H32N2O4S. The molecule has 6 nitrogen and oxygen atoms in total. The smallest absolute Gasteiger partial charge is 0.341 e. The van der Waals surface area contributed by atoms with Gasteiger partial charge in [-0.15, -0.1) is 11.3 Å². The number of carbonyl (C=O) groups excluding carboxylic acids is 3. The zero-order valence-electron chi connectivity index (χ0n) is 17.6. The zero-order valence-corrected chi connectivity index (χ0v) is 18.4. The van der Waals surface area contributed by atoms with E-state index in [4.69, 9.17) is 4.74 Å². The molecule has 0 radical (unpaired) electrons.